The Balaban J connectivity index is 2.02. The fourth-order valence-electron chi connectivity index (χ4n) is 2.77. The average molecular weight is 407 g/mol. The minimum absolute atomic E-state index is 0.0274. The van der Waals surface area contributed by atoms with E-state index < -0.39 is 6.61 Å². The van der Waals surface area contributed by atoms with E-state index in [4.69, 9.17) is 9.47 Å². The number of rotatable bonds is 10. The molecule has 0 aliphatic carbocycles. The summed E-state index contributed by atoms with van der Waals surface area (Å²) in [6.45, 7) is 0.534. The van der Waals surface area contributed by atoms with Crippen LogP contribution in [0.25, 0.3) is 0 Å². The highest BCUT2D eigenvalue weighted by Crippen LogP contribution is 2.32. The SMILES string of the molecule is CCOc1cccc(CNC(=NC)NCc2cccc(COC)c2)c1OC(F)F. The van der Waals surface area contributed by atoms with Crippen molar-refractivity contribution in [2.45, 2.75) is 33.2 Å². The summed E-state index contributed by atoms with van der Waals surface area (Å²) >= 11 is 0. The van der Waals surface area contributed by atoms with Gasteiger partial charge in [-0.25, -0.2) is 0 Å². The molecule has 0 aliphatic heterocycles. The fourth-order valence-corrected chi connectivity index (χ4v) is 2.77. The Hall–Kier alpha value is -2.87. The zero-order chi connectivity index (χ0) is 21.1. The van der Waals surface area contributed by atoms with E-state index in [0.717, 1.165) is 11.1 Å². The van der Waals surface area contributed by atoms with E-state index in [1.807, 2.05) is 24.3 Å². The molecule has 0 amide bonds. The van der Waals surface area contributed by atoms with E-state index in [-0.39, 0.29) is 18.0 Å². The van der Waals surface area contributed by atoms with Crippen molar-refractivity contribution in [2.24, 2.45) is 4.99 Å². The molecule has 0 aliphatic rings. The molecule has 2 aromatic rings. The molecular weight excluding hydrogens is 380 g/mol. The van der Waals surface area contributed by atoms with Crippen LogP contribution in [0.1, 0.15) is 23.6 Å². The van der Waals surface area contributed by atoms with E-state index in [1.54, 1.807) is 39.3 Å². The quantitative estimate of drug-likeness (QED) is 0.465. The molecule has 2 aromatic carbocycles. The summed E-state index contributed by atoms with van der Waals surface area (Å²) in [5, 5.41) is 6.32. The number of hydrogen-bond donors (Lipinski definition) is 2. The molecule has 0 atom stereocenters. The Kier molecular flexibility index (Phi) is 9.17. The predicted molar refractivity (Wildman–Crippen MR) is 108 cm³/mol. The number of para-hydroxylation sites is 1. The van der Waals surface area contributed by atoms with Crippen LogP contribution in [0, 0.1) is 0 Å². The van der Waals surface area contributed by atoms with Crippen LogP contribution in [0.15, 0.2) is 47.5 Å². The Bertz CT molecular complexity index is 800. The smallest absolute Gasteiger partial charge is 0.387 e. The summed E-state index contributed by atoms with van der Waals surface area (Å²) in [6.07, 6.45) is 0. The zero-order valence-electron chi connectivity index (χ0n) is 16.9. The third kappa shape index (κ3) is 7.23. The molecule has 0 saturated heterocycles. The Morgan fingerprint density at radius 1 is 1.07 bits per heavy atom. The summed E-state index contributed by atoms with van der Waals surface area (Å²) in [4.78, 5) is 4.18. The van der Waals surface area contributed by atoms with Crippen molar-refractivity contribution in [3.05, 3.63) is 59.2 Å². The van der Waals surface area contributed by atoms with Crippen LogP contribution in [0.2, 0.25) is 0 Å². The van der Waals surface area contributed by atoms with Crippen LogP contribution in [-0.4, -0.2) is 33.3 Å². The van der Waals surface area contributed by atoms with Gasteiger partial charge in [0.1, 0.15) is 0 Å². The first-order chi connectivity index (χ1) is 14.1. The molecule has 2 N–H and O–H groups in total. The number of aliphatic imine (C=N–C) groups is 1. The standard InChI is InChI=1S/C21H27F2N3O3/c1-4-28-18-10-6-9-17(19(18)29-20(22)23)13-26-21(24-2)25-12-15-7-5-8-16(11-15)14-27-3/h5-11,20H,4,12-14H2,1-3H3,(H2,24,25,26). The van der Waals surface area contributed by atoms with Gasteiger partial charge in [0.05, 0.1) is 13.2 Å². The van der Waals surface area contributed by atoms with Crippen LogP contribution >= 0.6 is 0 Å². The second-order valence-corrected chi connectivity index (χ2v) is 6.09. The van der Waals surface area contributed by atoms with Crippen LogP contribution < -0.4 is 20.1 Å². The normalized spacial score (nSPS) is 11.4. The number of nitrogens with one attached hydrogen (secondary N) is 2. The third-order valence-corrected chi connectivity index (χ3v) is 4.00. The third-order valence-electron chi connectivity index (χ3n) is 4.00. The van der Waals surface area contributed by atoms with Gasteiger partial charge in [0.25, 0.3) is 0 Å². The van der Waals surface area contributed by atoms with Crippen LogP contribution in [0.4, 0.5) is 8.78 Å². The zero-order valence-corrected chi connectivity index (χ0v) is 16.9. The highest BCUT2D eigenvalue weighted by molar-refractivity contribution is 5.79. The summed E-state index contributed by atoms with van der Waals surface area (Å²) < 4.78 is 40.9. The van der Waals surface area contributed by atoms with Gasteiger partial charge in [-0.3, -0.25) is 4.99 Å². The van der Waals surface area contributed by atoms with Crippen molar-refractivity contribution in [1.29, 1.82) is 0 Å². The van der Waals surface area contributed by atoms with Crippen molar-refractivity contribution in [3.63, 3.8) is 0 Å². The monoisotopic (exact) mass is 407 g/mol. The maximum Gasteiger partial charge on any atom is 0.387 e. The lowest BCUT2D eigenvalue weighted by Crippen LogP contribution is -2.36. The molecule has 6 nitrogen and oxygen atoms in total. The molecule has 0 radical (unpaired) electrons. The first-order valence-electron chi connectivity index (χ1n) is 9.28. The number of methoxy groups -OCH3 is 1. The van der Waals surface area contributed by atoms with Crippen molar-refractivity contribution < 1.29 is 23.0 Å². The highest BCUT2D eigenvalue weighted by atomic mass is 19.3. The Labute approximate surface area is 169 Å². The molecule has 0 fully saturated rings. The lowest BCUT2D eigenvalue weighted by Gasteiger charge is -2.17. The largest absolute Gasteiger partial charge is 0.490 e. The van der Waals surface area contributed by atoms with Crippen LogP contribution in [0.3, 0.4) is 0 Å². The van der Waals surface area contributed by atoms with Gasteiger partial charge in [-0.05, 0) is 24.1 Å². The molecular formula is C21H27F2N3O3. The molecule has 0 unspecified atom stereocenters. The molecule has 29 heavy (non-hydrogen) atoms. The number of benzene rings is 2. The lowest BCUT2D eigenvalue weighted by atomic mass is 10.1. The lowest BCUT2D eigenvalue weighted by molar-refractivity contribution is -0.0520. The van der Waals surface area contributed by atoms with Gasteiger partial charge < -0.3 is 24.8 Å². The predicted octanol–water partition coefficient (Wildman–Crippen LogP) is 3.70. The van der Waals surface area contributed by atoms with E-state index >= 15 is 0 Å². The van der Waals surface area contributed by atoms with Gasteiger partial charge in [0.15, 0.2) is 17.5 Å². The number of ether oxygens (including phenoxy) is 3. The van der Waals surface area contributed by atoms with Crippen LogP contribution in [0.5, 0.6) is 11.5 Å². The summed E-state index contributed by atoms with van der Waals surface area (Å²) in [7, 11) is 3.30. The number of halogens is 2. The number of alkyl halides is 2. The first-order valence-corrected chi connectivity index (χ1v) is 9.28. The number of guanidine groups is 1. The Morgan fingerprint density at radius 2 is 1.79 bits per heavy atom. The summed E-state index contributed by atoms with van der Waals surface area (Å²) in [6, 6.07) is 13.0. The van der Waals surface area contributed by atoms with Gasteiger partial charge in [-0.2, -0.15) is 8.78 Å². The molecule has 2 rings (SSSR count). The summed E-state index contributed by atoms with van der Waals surface area (Å²) in [5.41, 5.74) is 2.69. The van der Waals surface area contributed by atoms with E-state index in [1.165, 1.54) is 0 Å². The molecule has 0 heterocycles. The molecule has 0 spiro atoms. The fraction of sp³-hybridized carbons (Fsp3) is 0.381. The van der Waals surface area contributed by atoms with E-state index in [2.05, 4.69) is 20.4 Å². The second kappa shape index (κ2) is 11.9. The van der Waals surface area contributed by atoms with Gasteiger partial charge in [-0.1, -0.05) is 36.4 Å². The maximum atomic E-state index is 12.8. The molecule has 0 aromatic heterocycles. The van der Waals surface area contributed by atoms with Crippen LogP contribution in [-0.2, 0) is 24.4 Å². The van der Waals surface area contributed by atoms with Gasteiger partial charge in [0, 0.05) is 32.8 Å². The molecule has 0 saturated carbocycles. The van der Waals surface area contributed by atoms with Gasteiger partial charge >= 0.3 is 6.61 Å². The average Bonchev–Trinajstić information content (AvgIpc) is 2.70. The van der Waals surface area contributed by atoms with Gasteiger partial charge in [-0.15, -0.1) is 0 Å². The highest BCUT2D eigenvalue weighted by Gasteiger charge is 2.16. The molecule has 8 heteroatoms. The van der Waals surface area contributed by atoms with Gasteiger partial charge in [0.2, 0.25) is 0 Å². The molecule has 0 bridgehead atoms. The second-order valence-electron chi connectivity index (χ2n) is 6.09. The minimum Gasteiger partial charge on any atom is -0.490 e. The number of hydrogen-bond acceptors (Lipinski definition) is 4. The van der Waals surface area contributed by atoms with Crippen molar-refractivity contribution in [2.75, 3.05) is 20.8 Å². The van der Waals surface area contributed by atoms with E-state index in [9.17, 15) is 8.78 Å². The van der Waals surface area contributed by atoms with Crippen molar-refractivity contribution >= 4 is 5.96 Å². The van der Waals surface area contributed by atoms with Crippen molar-refractivity contribution in [1.82, 2.24) is 10.6 Å². The Morgan fingerprint density at radius 3 is 2.48 bits per heavy atom. The van der Waals surface area contributed by atoms with E-state index in [0.29, 0.717) is 31.3 Å². The summed E-state index contributed by atoms with van der Waals surface area (Å²) in [5.74, 6) is 0.844. The first kappa shape index (κ1) is 22.4. The molecule has 158 valence electrons. The maximum absolute atomic E-state index is 12.8. The minimum atomic E-state index is -2.94. The topological polar surface area (TPSA) is 64.1 Å². The number of nitrogens with zero attached hydrogens (tertiary/aromatic N) is 1. The van der Waals surface area contributed by atoms with Crippen molar-refractivity contribution in [3.8, 4) is 11.5 Å².